The summed E-state index contributed by atoms with van der Waals surface area (Å²) in [6.45, 7) is 3.66. The summed E-state index contributed by atoms with van der Waals surface area (Å²) in [6, 6.07) is 8.39. The highest BCUT2D eigenvalue weighted by atomic mass is 32.2. The molecule has 21 heavy (non-hydrogen) atoms. The number of anilines is 1. The van der Waals surface area contributed by atoms with Gasteiger partial charge in [0.1, 0.15) is 5.76 Å². The van der Waals surface area contributed by atoms with E-state index in [-0.39, 0.29) is 6.54 Å². The van der Waals surface area contributed by atoms with Gasteiger partial charge < -0.3 is 4.52 Å². The molecule has 0 bridgehead atoms. The molecule has 0 aliphatic heterocycles. The third-order valence-electron chi connectivity index (χ3n) is 3.17. The van der Waals surface area contributed by atoms with E-state index in [1.54, 1.807) is 38.1 Å². The molecular weight excluding hydrogens is 290 g/mol. The van der Waals surface area contributed by atoms with Crippen LogP contribution in [0, 0.1) is 25.2 Å². The Hall–Kier alpha value is -2.33. The van der Waals surface area contributed by atoms with Crippen LogP contribution in [0.15, 0.2) is 28.8 Å². The van der Waals surface area contributed by atoms with E-state index in [4.69, 9.17) is 9.78 Å². The van der Waals surface area contributed by atoms with Crippen LogP contribution in [0.3, 0.4) is 0 Å². The van der Waals surface area contributed by atoms with Gasteiger partial charge in [0.2, 0.25) is 10.0 Å². The van der Waals surface area contributed by atoms with E-state index in [0.717, 1.165) is 11.8 Å². The summed E-state index contributed by atoms with van der Waals surface area (Å²) in [7, 11) is -3.47. The quantitative estimate of drug-likeness (QED) is 0.863. The van der Waals surface area contributed by atoms with Crippen molar-refractivity contribution in [1.82, 2.24) is 5.16 Å². The molecule has 0 saturated heterocycles. The Morgan fingerprint density at radius 3 is 2.33 bits per heavy atom. The Morgan fingerprint density at radius 2 is 1.90 bits per heavy atom. The molecule has 2 aromatic rings. The number of sulfonamides is 1. The molecule has 0 spiro atoms. The van der Waals surface area contributed by atoms with E-state index in [1.807, 2.05) is 6.07 Å². The molecule has 0 atom stereocenters. The molecule has 1 heterocycles. The van der Waals surface area contributed by atoms with E-state index in [0.29, 0.717) is 22.7 Å². The third kappa shape index (κ3) is 3.23. The zero-order valence-electron chi connectivity index (χ0n) is 12.0. The van der Waals surface area contributed by atoms with Crippen LogP contribution >= 0.6 is 0 Å². The molecule has 110 valence electrons. The van der Waals surface area contributed by atoms with Gasteiger partial charge in [-0.15, -0.1) is 0 Å². The van der Waals surface area contributed by atoms with E-state index >= 15 is 0 Å². The minimum Gasteiger partial charge on any atom is -0.361 e. The van der Waals surface area contributed by atoms with Gasteiger partial charge in [-0.3, -0.25) is 4.31 Å². The minimum atomic E-state index is -3.47. The van der Waals surface area contributed by atoms with Gasteiger partial charge in [0.25, 0.3) is 0 Å². The lowest BCUT2D eigenvalue weighted by Gasteiger charge is -2.22. The molecule has 0 amide bonds. The zero-order valence-corrected chi connectivity index (χ0v) is 12.8. The summed E-state index contributed by atoms with van der Waals surface area (Å²) in [6.07, 6.45) is 1.14. The first-order valence-electron chi connectivity index (χ1n) is 6.22. The molecule has 7 heteroatoms. The molecule has 0 fully saturated rings. The predicted molar refractivity (Wildman–Crippen MR) is 78.2 cm³/mol. The average molecular weight is 305 g/mol. The standard InChI is InChI=1S/C14H15N3O3S/c1-10-14(11(2)20-16-10)9-17(21(3,18)19)13-6-4-12(8-15)5-7-13/h4-7H,9H2,1-3H3. The Labute approximate surface area is 123 Å². The Kier molecular flexibility index (Phi) is 4.00. The SMILES string of the molecule is Cc1noc(C)c1CN(c1ccc(C#N)cc1)S(C)(=O)=O. The van der Waals surface area contributed by atoms with Gasteiger partial charge in [-0.05, 0) is 38.1 Å². The van der Waals surface area contributed by atoms with Crippen LogP contribution in [0.2, 0.25) is 0 Å². The molecule has 1 aromatic carbocycles. The van der Waals surface area contributed by atoms with Crippen molar-refractivity contribution in [1.29, 1.82) is 5.26 Å². The first kappa shape index (κ1) is 15.1. The first-order chi connectivity index (χ1) is 9.82. The predicted octanol–water partition coefficient (Wildman–Crippen LogP) is 2.13. The van der Waals surface area contributed by atoms with Crippen molar-refractivity contribution in [2.45, 2.75) is 20.4 Å². The number of hydrogen-bond donors (Lipinski definition) is 0. The van der Waals surface area contributed by atoms with Crippen LogP contribution in [0.1, 0.15) is 22.6 Å². The molecule has 0 radical (unpaired) electrons. The second kappa shape index (κ2) is 5.58. The smallest absolute Gasteiger partial charge is 0.232 e. The van der Waals surface area contributed by atoms with Crippen molar-refractivity contribution in [3.05, 3.63) is 46.8 Å². The highest BCUT2D eigenvalue weighted by molar-refractivity contribution is 7.92. The van der Waals surface area contributed by atoms with Crippen LogP contribution in [-0.2, 0) is 16.6 Å². The molecule has 0 N–H and O–H groups in total. The van der Waals surface area contributed by atoms with Crippen molar-refractivity contribution in [2.24, 2.45) is 0 Å². The first-order valence-corrected chi connectivity index (χ1v) is 8.07. The average Bonchev–Trinajstić information content (AvgIpc) is 2.74. The molecule has 0 aliphatic rings. The van der Waals surface area contributed by atoms with Crippen LogP contribution < -0.4 is 4.31 Å². The second-order valence-corrected chi connectivity index (χ2v) is 6.64. The monoisotopic (exact) mass is 305 g/mol. The van der Waals surface area contributed by atoms with Gasteiger partial charge in [-0.2, -0.15) is 5.26 Å². The summed E-state index contributed by atoms with van der Waals surface area (Å²) in [4.78, 5) is 0. The fourth-order valence-electron chi connectivity index (χ4n) is 1.97. The van der Waals surface area contributed by atoms with Crippen molar-refractivity contribution in [2.75, 3.05) is 10.6 Å². The van der Waals surface area contributed by atoms with Gasteiger partial charge in [0.15, 0.2) is 0 Å². The molecule has 0 unspecified atom stereocenters. The van der Waals surface area contributed by atoms with E-state index in [1.165, 1.54) is 4.31 Å². The Balaban J connectivity index is 2.42. The lowest BCUT2D eigenvalue weighted by Crippen LogP contribution is -2.29. The van der Waals surface area contributed by atoms with Crippen molar-refractivity contribution in [3.63, 3.8) is 0 Å². The molecule has 0 saturated carbocycles. The van der Waals surface area contributed by atoms with Gasteiger partial charge in [-0.25, -0.2) is 8.42 Å². The number of aromatic nitrogens is 1. The summed E-state index contributed by atoms with van der Waals surface area (Å²) in [5.74, 6) is 0.592. The highest BCUT2D eigenvalue weighted by Crippen LogP contribution is 2.23. The molecule has 1 aromatic heterocycles. The number of nitriles is 1. The number of aryl methyl sites for hydroxylation is 2. The molecular formula is C14H15N3O3S. The van der Waals surface area contributed by atoms with E-state index in [2.05, 4.69) is 5.16 Å². The van der Waals surface area contributed by atoms with Gasteiger partial charge in [0.05, 0.1) is 35.8 Å². The maximum absolute atomic E-state index is 12.0. The number of nitrogens with zero attached hydrogens (tertiary/aromatic N) is 3. The summed E-state index contributed by atoms with van der Waals surface area (Å²) in [5, 5.41) is 12.6. The van der Waals surface area contributed by atoms with Gasteiger partial charge in [0, 0.05) is 5.56 Å². The van der Waals surface area contributed by atoms with Crippen molar-refractivity contribution >= 4 is 15.7 Å². The molecule has 6 nitrogen and oxygen atoms in total. The van der Waals surface area contributed by atoms with E-state index < -0.39 is 10.0 Å². The number of rotatable bonds is 4. The third-order valence-corrected chi connectivity index (χ3v) is 4.31. The maximum atomic E-state index is 12.0. The van der Waals surface area contributed by atoms with Crippen LogP contribution in [-0.4, -0.2) is 19.8 Å². The Morgan fingerprint density at radius 1 is 1.29 bits per heavy atom. The maximum Gasteiger partial charge on any atom is 0.232 e. The van der Waals surface area contributed by atoms with Crippen LogP contribution in [0.25, 0.3) is 0 Å². The topological polar surface area (TPSA) is 87.2 Å². The highest BCUT2D eigenvalue weighted by Gasteiger charge is 2.21. The summed E-state index contributed by atoms with van der Waals surface area (Å²) < 4.78 is 30.4. The fraction of sp³-hybridized carbons (Fsp3) is 0.286. The minimum absolute atomic E-state index is 0.145. The van der Waals surface area contributed by atoms with E-state index in [9.17, 15) is 8.42 Å². The number of hydrogen-bond acceptors (Lipinski definition) is 5. The number of benzene rings is 1. The van der Waals surface area contributed by atoms with Gasteiger partial charge >= 0.3 is 0 Å². The largest absolute Gasteiger partial charge is 0.361 e. The zero-order chi connectivity index (χ0) is 15.6. The van der Waals surface area contributed by atoms with Crippen molar-refractivity contribution < 1.29 is 12.9 Å². The van der Waals surface area contributed by atoms with Crippen LogP contribution in [0.5, 0.6) is 0 Å². The Bertz CT molecular complexity index is 766. The fourth-order valence-corrected chi connectivity index (χ4v) is 2.84. The summed E-state index contributed by atoms with van der Waals surface area (Å²) in [5.41, 5.74) is 2.38. The van der Waals surface area contributed by atoms with Crippen molar-refractivity contribution in [3.8, 4) is 6.07 Å². The van der Waals surface area contributed by atoms with Gasteiger partial charge in [-0.1, -0.05) is 5.16 Å². The van der Waals surface area contributed by atoms with Crippen LogP contribution in [0.4, 0.5) is 5.69 Å². The normalized spacial score (nSPS) is 11.1. The molecule has 2 rings (SSSR count). The molecule has 0 aliphatic carbocycles. The lowest BCUT2D eigenvalue weighted by molar-refractivity contribution is 0.392. The summed E-state index contributed by atoms with van der Waals surface area (Å²) >= 11 is 0. The lowest BCUT2D eigenvalue weighted by atomic mass is 10.2. The second-order valence-electron chi connectivity index (χ2n) is 4.73.